The zero-order valence-corrected chi connectivity index (χ0v) is 14.8. The fraction of sp³-hybridized carbons (Fsp3) is 0.632. The second kappa shape index (κ2) is 9.06. The molecule has 0 spiro atoms. The molecule has 2 heterocycles. The van der Waals surface area contributed by atoms with Crippen LogP contribution in [-0.4, -0.2) is 57.1 Å². The van der Waals surface area contributed by atoms with Gasteiger partial charge in [-0.2, -0.15) is 0 Å². The first-order valence-corrected chi connectivity index (χ1v) is 9.04. The summed E-state index contributed by atoms with van der Waals surface area (Å²) in [5.74, 6) is 2.24. The van der Waals surface area contributed by atoms with Gasteiger partial charge in [0.1, 0.15) is 11.5 Å². The molecule has 2 fully saturated rings. The molecule has 0 saturated carbocycles. The third-order valence-electron chi connectivity index (χ3n) is 4.79. The summed E-state index contributed by atoms with van der Waals surface area (Å²) in [5, 5.41) is 0. The van der Waals surface area contributed by atoms with Gasteiger partial charge in [-0.05, 0) is 43.5 Å². The lowest BCUT2D eigenvalue weighted by atomic mass is 9.96. The van der Waals surface area contributed by atoms with E-state index in [1.54, 1.807) is 7.11 Å². The van der Waals surface area contributed by atoms with Crippen molar-refractivity contribution >= 4 is 5.91 Å². The summed E-state index contributed by atoms with van der Waals surface area (Å²) >= 11 is 0. The summed E-state index contributed by atoms with van der Waals surface area (Å²) in [5.41, 5.74) is 0. The standard InChI is InChI=1S/C19H27NO5/c1-22-16-4-6-17(7-5-16)23-12-2-3-18(21)20-10-8-15(9-11-20)19-24-13-14-25-19/h4-7,15,19H,2-3,8-14H2,1H3. The smallest absolute Gasteiger partial charge is 0.222 e. The Morgan fingerprint density at radius 1 is 1.12 bits per heavy atom. The predicted molar refractivity (Wildman–Crippen MR) is 92.7 cm³/mol. The van der Waals surface area contributed by atoms with E-state index >= 15 is 0 Å². The number of ether oxygens (including phenoxy) is 4. The van der Waals surface area contributed by atoms with Crippen molar-refractivity contribution < 1.29 is 23.7 Å². The molecule has 1 aromatic rings. The van der Waals surface area contributed by atoms with Crippen LogP contribution in [0.25, 0.3) is 0 Å². The maximum Gasteiger partial charge on any atom is 0.222 e. The van der Waals surface area contributed by atoms with Gasteiger partial charge in [0, 0.05) is 25.4 Å². The predicted octanol–water partition coefficient (Wildman–Crippen LogP) is 2.47. The van der Waals surface area contributed by atoms with Crippen LogP contribution in [0, 0.1) is 5.92 Å². The molecule has 6 heteroatoms. The van der Waals surface area contributed by atoms with Crippen molar-refractivity contribution in [2.24, 2.45) is 5.92 Å². The van der Waals surface area contributed by atoms with E-state index < -0.39 is 0 Å². The van der Waals surface area contributed by atoms with Gasteiger partial charge in [0.15, 0.2) is 6.29 Å². The number of nitrogens with zero attached hydrogens (tertiary/aromatic N) is 1. The first kappa shape index (κ1) is 18.0. The van der Waals surface area contributed by atoms with Crippen LogP contribution < -0.4 is 9.47 Å². The van der Waals surface area contributed by atoms with E-state index in [0.29, 0.717) is 32.2 Å². The third kappa shape index (κ3) is 5.09. The summed E-state index contributed by atoms with van der Waals surface area (Å²) in [4.78, 5) is 14.3. The molecule has 2 saturated heterocycles. The minimum atomic E-state index is -0.0600. The Morgan fingerprint density at radius 2 is 1.76 bits per heavy atom. The average molecular weight is 349 g/mol. The van der Waals surface area contributed by atoms with Crippen molar-refractivity contribution in [3.05, 3.63) is 24.3 Å². The Bertz CT molecular complexity index is 533. The molecule has 25 heavy (non-hydrogen) atoms. The first-order valence-electron chi connectivity index (χ1n) is 9.04. The van der Waals surface area contributed by atoms with E-state index in [-0.39, 0.29) is 12.2 Å². The van der Waals surface area contributed by atoms with Crippen molar-refractivity contribution in [3.63, 3.8) is 0 Å². The van der Waals surface area contributed by atoms with Crippen LogP contribution in [0.3, 0.4) is 0 Å². The topological polar surface area (TPSA) is 57.2 Å². The first-order chi connectivity index (χ1) is 12.3. The van der Waals surface area contributed by atoms with Gasteiger partial charge in [0.2, 0.25) is 5.91 Å². The van der Waals surface area contributed by atoms with E-state index in [1.165, 1.54) is 0 Å². The van der Waals surface area contributed by atoms with Crippen LogP contribution in [0.15, 0.2) is 24.3 Å². The van der Waals surface area contributed by atoms with Crippen molar-refractivity contribution in [1.29, 1.82) is 0 Å². The van der Waals surface area contributed by atoms with Crippen LogP contribution in [0.1, 0.15) is 25.7 Å². The van der Waals surface area contributed by atoms with Crippen molar-refractivity contribution in [1.82, 2.24) is 4.90 Å². The molecule has 1 amide bonds. The molecule has 0 aromatic heterocycles. The Kier molecular flexibility index (Phi) is 6.53. The Labute approximate surface area is 149 Å². The summed E-state index contributed by atoms with van der Waals surface area (Å²) in [6, 6.07) is 7.47. The van der Waals surface area contributed by atoms with Crippen molar-refractivity contribution in [3.8, 4) is 11.5 Å². The highest BCUT2D eigenvalue weighted by Crippen LogP contribution is 2.26. The second-order valence-electron chi connectivity index (χ2n) is 6.46. The minimum absolute atomic E-state index is 0.0600. The highest BCUT2D eigenvalue weighted by Gasteiger charge is 2.31. The maximum absolute atomic E-state index is 12.3. The lowest BCUT2D eigenvalue weighted by Crippen LogP contribution is -2.41. The van der Waals surface area contributed by atoms with Gasteiger partial charge in [-0.15, -0.1) is 0 Å². The van der Waals surface area contributed by atoms with Crippen molar-refractivity contribution in [2.45, 2.75) is 32.0 Å². The van der Waals surface area contributed by atoms with Gasteiger partial charge in [-0.3, -0.25) is 4.79 Å². The lowest BCUT2D eigenvalue weighted by Gasteiger charge is -2.33. The zero-order chi connectivity index (χ0) is 17.5. The monoisotopic (exact) mass is 349 g/mol. The lowest BCUT2D eigenvalue weighted by molar-refractivity contribution is -0.137. The van der Waals surface area contributed by atoms with E-state index in [2.05, 4.69) is 0 Å². The number of carbonyl (C=O) groups is 1. The van der Waals surface area contributed by atoms with Crippen LogP contribution in [0.2, 0.25) is 0 Å². The Morgan fingerprint density at radius 3 is 2.40 bits per heavy atom. The molecule has 0 atom stereocenters. The summed E-state index contributed by atoms with van der Waals surface area (Å²) in [7, 11) is 1.64. The van der Waals surface area contributed by atoms with E-state index in [1.807, 2.05) is 29.2 Å². The number of rotatable bonds is 7. The molecule has 6 nitrogen and oxygen atoms in total. The van der Waals surface area contributed by atoms with Gasteiger partial charge in [-0.1, -0.05) is 0 Å². The Balaban J connectivity index is 1.31. The normalized spacial score (nSPS) is 19.2. The molecule has 1 aromatic carbocycles. The molecule has 0 aliphatic carbocycles. The number of likely N-dealkylation sites (tertiary alicyclic amines) is 1. The van der Waals surface area contributed by atoms with Crippen LogP contribution in [-0.2, 0) is 14.3 Å². The van der Waals surface area contributed by atoms with Gasteiger partial charge >= 0.3 is 0 Å². The number of piperidine rings is 1. The van der Waals surface area contributed by atoms with Crippen LogP contribution >= 0.6 is 0 Å². The highest BCUT2D eigenvalue weighted by molar-refractivity contribution is 5.76. The molecule has 0 unspecified atom stereocenters. The number of carbonyl (C=O) groups excluding carboxylic acids is 1. The summed E-state index contributed by atoms with van der Waals surface area (Å²) in [6.45, 7) is 3.52. The van der Waals surface area contributed by atoms with Crippen LogP contribution in [0.4, 0.5) is 0 Å². The minimum Gasteiger partial charge on any atom is -0.497 e. The molecule has 0 bridgehead atoms. The van der Waals surface area contributed by atoms with Gasteiger partial charge in [0.05, 0.1) is 26.9 Å². The highest BCUT2D eigenvalue weighted by atomic mass is 16.7. The van der Waals surface area contributed by atoms with Crippen LogP contribution in [0.5, 0.6) is 11.5 Å². The largest absolute Gasteiger partial charge is 0.497 e. The average Bonchev–Trinajstić information content (AvgIpc) is 3.20. The van der Waals surface area contributed by atoms with Gasteiger partial charge in [-0.25, -0.2) is 0 Å². The zero-order valence-electron chi connectivity index (χ0n) is 14.8. The number of hydrogen-bond acceptors (Lipinski definition) is 5. The molecular formula is C19H27NO5. The third-order valence-corrected chi connectivity index (χ3v) is 4.79. The van der Waals surface area contributed by atoms with E-state index in [9.17, 15) is 4.79 Å². The van der Waals surface area contributed by atoms with Gasteiger partial charge in [0.25, 0.3) is 0 Å². The SMILES string of the molecule is COc1ccc(OCCCC(=O)N2CCC(C3OCCO3)CC2)cc1. The number of hydrogen-bond donors (Lipinski definition) is 0. The van der Waals surface area contributed by atoms with Gasteiger partial charge < -0.3 is 23.8 Å². The van der Waals surface area contributed by atoms with E-state index in [4.69, 9.17) is 18.9 Å². The maximum atomic E-state index is 12.3. The molecule has 3 rings (SSSR count). The quantitative estimate of drug-likeness (QED) is 0.708. The summed E-state index contributed by atoms with van der Waals surface area (Å²) < 4.78 is 21.9. The molecule has 138 valence electrons. The fourth-order valence-corrected chi connectivity index (χ4v) is 3.31. The number of methoxy groups -OCH3 is 1. The van der Waals surface area contributed by atoms with Crippen molar-refractivity contribution in [2.75, 3.05) is 40.0 Å². The summed E-state index contributed by atoms with van der Waals surface area (Å²) in [6.07, 6.45) is 3.10. The molecule has 0 N–H and O–H groups in total. The molecular weight excluding hydrogens is 322 g/mol. The second-order valence-corrected chi connectivity index (χ2v) is 6.46. The molecule has 2 aliphatic heterocycles. The molecule has 2 aliphatic rings. The molecule has 0 radical (unpaired) electrons. The Hall–Kier alpha value is -1.79. The number of amides is 1. The number of benzene rings is 1. The fourth-order valence-electron chi connectivity index (χ4n) is 3.31. The van der Waals surface area contributed by atoms with E-state index in [0.717, 1.165) is 43.9 Å².